The predicted octanol–water partition coefficient (Wildman–Crippen LogP) is 4.87. The number of aliphatic carboxylic acids is 1. The number of hydrogen-bond acceptors (Lipinski definition) is 4. The third-order valence-electron chi connectivity index (χ3n) is 4.18. The van der Waals surface area contributed by atoms with Crippen LogP contribution < -0.4 is 9.47 Å². The van der Waals surface area contributed by atoms with Gasteiger partial charge in [-0.15, -0.1) is 0 Å². The van der Waals surface area contributed by atoms with Crippen LogP contribution in [0.5, 0.6) is 11.5 Å². The molecule has 3 aromatic rings. The molecule has 0 fully saturated rings. The SMILES string of the molecule is CC=C(C(=O)O)c1ccccc1COc1cc(F)cc(OCc2ccccn2)c1. The average molecular weight is 393 g/mol. The van der Waals surface area contributed by atoms with E-state index in [9.17, 15) is 14.3 Å². The Morgan fingerprint density at radius 3 is 2.38 bits per heavy atom. The van der Waals surface area contributed by atoms with Crippen LogP contribution in [-0.2, 0) is 18.0 Å². The van der Waals surface area contributed by atoms with Gasteiger partial charge in [0.25, 0.3) is 0 Å². The second-order valence-electron chi connectivity index (χ2n) is 6.19. The summed E-state index contributed by atoms with van der Waals surface area (Å²) in [6.07, 6.45) is 3.19. The maximum atomic E-state index is 14.0. The van der Waals surface area contributed by atoms with Crippen LogP contribution in [0.2, 0.25) is 0 Å². The van der Waals surface area contributed by atoms with Crippen LogP contribution in [0.4, 0.5) is 4.39 Å². The van der Waals surface area contributed by atoms with Gasteiger partial charge >= 0.3 is 5.97 Å². The molecule has 0 saturated heterocycles. The fourth-order valence-electron chi connectivity index (χ4n) is 2.81. The molecule has 1 N–H and O–H groups in total. The Balaban J connectivity index is 1.73. The highest BCUT2D eigenvalue weighted by atomic mass is 19.1. The molecular formula is C23H20FNO4. The molecular weight excluding hydrogens is 373 g/mol. The van der Waals surface area contributed by atoms with Gasteiger partial charge in [0.15, 0.2) is 0 Å². The zero-order valence-electron chi connectivity index (χ0n) is 15.8. The van der Waals surface area contributed by atoms with E-state index in [0.29, 0.717) is 16.9 Å². The Labute approximate surface area is 168 Å². The van der Waals surface area contributed by atoms with Gasteiger partial charge in [0.05, 0.1) is 11.3 Å². The van der Waals surface area contributed by atoms with Crippen LogP contribution in [0.1, 0.15) is 23.7 Å². The first-order chi connectivity index (χ1) is 14.1. The fourth-order valence-corrected chi connectivity index (χ4v) is 2.81. The molecule has 0 bridgehead atoms. The van der Waals surface area contributed by atoms with Crippen molar-refractivity contribution in [1.29, 1.82) is 0 Å². The van der Waals surface area contributed by atoms with Gasteiger partial charge in [0.1, 0.15) is 30.5 Å². The molecule has 29 heavy (non-hydrogen) atoms. The standard InChI is InChI=1S/C23H20FNO4/c1-2-21(23(26)27)22-9-4-3-7-16(22)14-28-19-11-17(24)12-20(13-19)29-15-18-8-5-6-10-25-18/h2-13H,14-15H2,1H3,(H,26,27). The summed E-state index contributed by atoms with van der Waals surface area (Å²) in [6.45, 7) is 1.96. The minimum atomic E-state index is -1.02. The first kappa shape index (κ1) is 20.1. The van der Waals surface area contributed by atoms with E-state index >= 15 is 0 Å². The van der Waals surface area contributed by atoms with Gasteiger partial charge in [-0.2, -0.15) is 0 Å². The second-order valence-corrected chi connectivity index (χ2v) is 6.19. The van der Waals surface area contributed by atoms with Crippen molar-refractivity contribution in [3.8, 4) is 11.5 Å². The Morgan fingerprint density at radius 2 is 1.72 bits per heavy atom. The van der Waals surface area contributed by atoms with Crippen molar-refractivity contribution in [1.82, 2.24) is 4.98 Å². The van der Waals surface area contributed by atoms with E-state index in [4.69, 9.17) is 9.47 Å². The number of nitrogens with zero attached hydrogens (tertiary/aromatic N) is 1. The van der Waals surface area contributed by atoms with Crippen LogP contribution >= 0.6 is 0 Å². The number of carboxylic acids is 1. The molecule has 0 unspecified atom stereocenters. The molecule has 0 atom stereocenters. The summed E-state index contributed by atoms with van der Waals surface area (Å²) in [4.78, 5) is 15.6. The van der Waals surface area contributed by atoms with Crippen molar-refractivity contribution in [2.75, 3.05) is 0 Å². The van der Waals surface area contributed by atoms with E-state index in [2.05, 4.69) is 4.98 Å². The first-order valence-corrected chi connectivity index (χ1v) is 9.01. The zero-order chi connectivity index (χ0) is 20.6. The molecule has 0 radical (unpaired) electrons. The number of hydrogen-bond donors (Lipinski definition) is 1. The summed E-state index contributed by atoms with van der Waals surface area (Å²) in [5.74, 6) is -0.908. The van der Waals surface area contributed by atoms with Crippen LogP contribution in [0.25, 0.3) is 5.57 Å². The summed E-state index contributed by atoms with van der Waals surface area (Å²) in [6, 6.07) is 16.6. The normalized spacial score (nSPS) is 11.2. The lowest BCUT2D eigenvalue weighted by molar-refractivity contribution is -0.130. The zero-order valence-corrected chi connectivity index (χ0v) is 15.8. The summed E-state index contributed by atoms with van der Waals surface area (Å²) in [5.41, 5.74) is 2.15. The third kappa shape index (κ3) is 5.42. The van der Waals surface area contributed by atoms with E-state index < -0.39 is 11.8 Å². The number of halogens is 1. The molecule has 1 aromatic heterocycles. The number of benzene rings is 2. The van der Waals surface area contributed by atoms with Crippen molar-refractivity contribution >= 4 is 11.5 Å². The average Bonchev–Trinajstić information content (AvgIpc) is 2.72. The van der Waals surface area contributed by atoms with Crippen LogP contribution in [0.3, 0.4) is 0 Å². The lowest BCUT2D eigenvalue weighted by atomic mass is 10.00. The van der Waals surface area contributed by atoms with Crippen LogP contribution in [-0.4, -0.2) is 16.1 Å². The van der Waals surface area contributed by atoms with Crippen molar-refractivity contribution in [2.45, 2.75) is 20.1 Å². The minimum absolute atomic E-state index is 0.0872. The predicted molar refractivity (Wildman–Crippen MR) is 107 cm³/mol. The van der Waals surface area contributed by atoms with Gasteiger partial charge in [-0.05, 0) is 30.2 Å². The molecule has 0 amide bonds. The van der Waals surface area contributed by atoms with E-state index in [0.717, 1.165) is 5.69 Å². The highest BCUT2D eigenvalue weighted by Gasteiger charge is 2.14. The molecule has 5 nitrogen and oxygen atoms in total. The second kappa shape index (κ2) is 9.50. The summed E-state index contributed by atoms with van der Waals surface area (Å²) >= 11 is 0. The molecule has 2 aromatic carbocycles. The van der Waals surface area contributed by atoms with E-state index in [1.807, 2.05) is 12.1 Å². The van der Waals surface area contributed by atoms with E-state index in [1.54, 1.807) is 49.5 Å². The monoisotopic (exact) mass is 393 g/mol. The maximum absolute atomic E-state index is 14.0. The van der Waals surface area contributed by atoms with Gasteiger partial charge < -0.3 is 14.6 Å². The summed E-state index contributed by atoms with van der Waals surface area (Å²) < 4.78 is 25.3. The van der Waals surface area contributed by atoms with Gasteiger partial charge in [0.2, 0.25) is 0 Å². The lowest BCUT2D eigenvalue weighted by Crippen LogP contribution is -2.05. The lowest BCUT2D eigenvalue weighted by Gasteiger charge is -2.13. The summed E-state index contributed by atoms with van der Waals surface area (Å²) in [7, 11) is 0. The Morgan fingerprint density at radius 1 is 1.03 bits per heavy atom. The molecule has 0 spiro atoms. The Kier molecular flexibility index (Phi) is 6.58. The van der Waals surface area contributed by atoms with Gasteiger partial charge in [0, 0.05) is 24.4 Å². The quantitative estimate of drug-likeness (QED) is 0.553. The smallest absolute Gasteiger partial charge is 0.335 e. The van der Waals surface area contributed by atoms with E-state index in [1.165, 1.54) is 18.2 Å². The first-order valence-electron chi connectivity index (χ1n) is 9.01. The molecule has 148 valence electrons. The van der Waals surface area contributed by atoms with Crippen LogP contribution in [0.15, 0.2) is 72.9 Å². The molecule has 6 heteroatoms. The Hall–Kier alpha value is -3.67. The summed E-state index contributed by atoms with van der Waals surface area (Å²) in [5, 5.41) is 9.38. The molecule has 0 saturated carbocycles. The molecule has 0 aliphatic heterocycles. The van der Waals surface area contributed by atoms with Gasteiger partial charge in [-0.3, -0.25) is 4.98 Å². The van der Waals surface area contributed by atoms with Crippen molar-refractivity contribution in [3.05, 3.63) is 95.6 Å². The number of carboxylic acid groups (broad SMARTS) is 1. The number of aromatic nitrogens is 1. The highest BCUT2D eigenvalue weighted by molar-refractivity contribution is 6.15. The van der Waals surface area contributed by atoms with Crippen LogP contribution in [0, 0.1) is 5.82 Å². The number of carbonyl (C=O) groups is 1. The minimum Gasteiger partial charge on any atom is -0.489 e. The van der Waals surface area contributed by atoms with Crippen molar-refractivity contribution in [2.24, 2.45) is 0 Å². The fraction of sp³-hybridized carbons (Fsp3) is 0.130. The number of pyridine rings is 1. The molecule has 1 heterocycles. The number of allylic oxidation sites excluding steroid dienone is 1. The van der Waals surface area contributed by atoms with Crippen molar-refractivity contribution in [3.63, 3.8) is 0 Å². The third-order valence-corrected chi connectivity index (χ3v) is 4.18. The van der Waals surface area contributed by atoms with Crippen molar-refractivity contribution < 1.29 is 23.8 Å². The van der Waals surface area contributed by atoms with Gasteiger partial charge in [-0.25, -0.2) is 9.18 Å². The molecule has 0 aliphatic rings. The largest absolute Gasteiger partial charge is 0.489 e. The molecule has 0 aliphatic carbocycles. The maximum Gasteiger partial charge on any atom is 0.335 e. The van der Waals surface area contributed by atoms with E-state index in [-0.39, 0.29) is 24.5 Å². The van der Waals surface area contributed by atoms with Gasteiger partial charge in [-0.1, -0.05) is 36.4 Å². The number of rotatable bonds is 8. The Bertz CT molecular complexity index is 1020. The number of ether oxygens (including phenoxy) is 2. The molecule has 3 rings (SSSR count). The highest BCUT2D eigenvalue weighted by Crippen LogP contribution is 2.25. The topological polar surface area (TPSA) is 68.7 Å².